The molecule has 0 saturated heterocycles. The van der Waals surface area contributed by atoms with E-state index in [0.717, 1.165) is 4.57 Å². The number of nitrogens with two attached hydrogens (primary N) is 1. The quantitative estimate of drug-likeness (QED) is 0.905. The monoisotopic (exact) mass is 343 g/mol. The topological polar surface area (TPSA) is 87.2 Å². The number of anilines is 1. The summed E-state index contributed by atoms with van der Waals surface area (Å²) in [6, 6.07) is -0.484. The average molecular weight is 343 g/mol. The number of ether oxygens (including phenoxy) is 1. The number of nitrogens with zero attached hydrogens (tertiary/aromatic N) is 2. The molecule has 0 aliphatic rings. The van der Waals surface area contributed by atoms with Crippen LogP contribution in [0.1, 0.15) is 27.7 Å². The summed E-state index contributed by atoms with van der Waals surface area (Å²) in [6.07, 6.45) is -6.79. The van der Waals surface area contributed by atoms with Crippen molar-refractivity contribution in [2.75, 3.05) is 11.5 Å². The van der Waals surface area contributed by atoms with Gasteiger partial charge in [0.1, 0.15) is 0 Å². The lowest BCUT2D eigenvalue weighted by Crippen LogP contribution is -2.45. The Bertz CT molecular complexity index is 631. The number of nitrogen functional groups attached to an aromatic ring is 1. The van der Waals surface area contributed by atoms with Gasteiger partial charge in [-0.1, -0.05) is 27.7 Å². The fourth-order valence-electron chi connectivity index (χ4n) is 1.93. The van der Waals surface area contributed by atoms with Gasteiger partial charge in [0.25, 0.3) is 6.01 Å². The summed E-state index contributed by atoms with van der Waals surface area (Å²) in [4.78, 5) is 3.63. The molecular weight excluding hydrogens is 323 g/mol. The van der Waals surface area contributed by atoms with Crippen molar-refractivity contribution in [1.82, 2.24) is 9.55 Å². The lowest BCUT2D eigenvalue weighted by Gasteiger charge is -2.31. The van der Waals surface area contributed by atoms with Gasteiger partial charge in [0.05, 0.1) is 5.75 Å². The summed E-state index contributed by atoms with van der Waals surface area (Å²) in [6.45, 7) is 5.49. The maximum atomic E-state index is 13.1. The molecule has 1 unspecified atom stereocenters. The maximum absolute atomic E-state index is 13.1. The number of alkyl halides is 3. The second-order valence-electron chi connectivity index (χ2n) is 5.95. The third-order valence-electron chi connectivity index (χ3n) is 3.01. The summed E-state index contributed by atoms with van der Waals surface area (Å²) in [5, 5.41) is -0.347. The van der Waals surface area contributed by atoms with E-state index in [9.17, 15) is 21.6 Å². The predicted molar refractivity (Wildman–Crippen MR) is 75.3 cm³/mol. The van der Waals surface area contributed by atoms with Crippen molar-refractivity contribution < 1.29 is 26.3 Å². The van der Waals surface area contributed by atoms with E-state index in [1.165, 1.54) is 34.7 Å². The van der Waals surface area contributed by atoms with Crippen molar-refractivity contribution in [2.45, 2.75) is 45.0 Å². The summed E-state index contributed by atoms with van der Waals surface area (Å²) >= 11 is 0. The van der Waals surface area contributed by atoms with Gasteiger partial charge in [0.15, 0.2) is 20.7 Å². The minimum atomic E-state index is -4.64. The van der Waals surface area contributed by atoms with Gasteiger partial charge in [0.2, 0.25) is 6.10 Å². The molecule has 0 saturated carbocycles. The summed E-state index contributed by atoms with van der Waals surface area (Å²) < 4.78 is 69.1. The highest BCUT2D eigenvalue weighted by molar-refractivity contribution is 7.91. The van der Waals surface area contributed by atoms with Gasteiger partial charge < -0.3 is 10.5 Å². The molecule has 0 aromatic carbocycles. The zero-order chi connectivity index (χ0) is 17.5. The number of halogens is 3. The van der Waals surface area contributed by atoms with Crippen LogP contribution < -0.4 is 10.5 Å². The van der Waals surface area contributed by atoms with Gasteiger partial charge in [-0.25, -0.2) is 8.42 Å². The van der Waals surface area contributed by atoms with E-state index in [-0.39, 0.29) is 16.6 Å². The Morgan fingerprint density at radius 2 is 1.82 bits per heavy atom. The van der Waals surface area contributed by atoms with E-state index >= 15 is 0 Å². The van der Waals surface area contributed by atoms with E-state index in [0.29, 0.717) is 0 Å². The van der Waals surface area contributed by atoms with E-state index in [2.05, 4.69) is 4.98 Å². The van der Waals surface area contributed by atoms with Gasteiger partial charge >= 0.3 is 6.18 Å². The molecular formula is C12H20F3N3O3S. The standard InChI is InChI=1S/C12H20F3N3O3S/c1-6-22(19,20)8-7(16)17-10(18(8)5)21-9(11(2,3)4)12(13,14)15/h9H,6,16H2,1-5H3. The van der Waals surface area contributed by atoms with Crippen LogP contribution >= 0.6 is 0 Å². The lowest BCUT2D eigenvalue weighted by atomic mass is 9.88. The largest absolute Gasteiger partial charge is 0.451 e. The van der Waals surface area contributed by atoms with Crippen LogP contribution in [0.2, 0.25) is 0 Å². The minimum absolute atomic E-state index is 0.252. The molecule has 0 bridgehead atoms. The molecule has 1 rings (SSSR count). The Morgan fingerprint density at radius 3 is 2.18 bits per heavy atom. The van der Waals surface area contributed by atoms with Crippen molar-refractivity contribution in [2.24, 2.45) is 12.5 Å². The number of rotatable bonds is 4. The molecule has 1 atom stereocenters. The molecule has 22 heavy (non-hydrogen) atoms. The molecule has 0 fully saturated rings. The van der Waals surface area contributed by atoms with Crippen LogP contribution in [0, 0.1) is 5.41 Å². The highest BCUT2D eigenvalue weighted by Gasteiger charge is 2.50. The lowest BCUT2D eigenvalue weighted by molar-refractivity contribution is -0.223. The number of imidazole rings is 1. The molecule has 0 spiro atoms. The molecule has 128 valence electrons. The zero-order valence-corrected chi connectivity index (χ0v) is 13.8. The van der Waals surface area contributed by atoms with Crippen LogP contribution in [-0.2, 0) is 16.9 Å². The molecule has 1 aromatic rings. The van der Waals surface area contributed by atoms with Gasteiger partial charge in [0, 0.05) is 12.5 Å². The smallest absolute Gasteiger partial charge is 0.426 e. The van der Waals surface area contributed by atoms with Gasteiger partial charge in [-0.05, 0) is 0 Å². The summed E-state index contributed by atoms with van der Waals surface area (Å²) in [5.41, 5.74) is 4.26. The van der Waals surface area contributed by atoms with E-state index in [4.69, 9.17) is 10.5 Å². The second kappa shape index (κ2) is 5.64. The second-order valence-corrected chi connectivity index (χ2v) is 8.15. The van der Waals surface area contributed by atoms with Gasteiger partial charge in [-0.15, -0.1) is 0 Å². The van der Waals surface area contributed by atoms with Crippen molar-refractivity contribution in [3.63, 3.8) is 0 Å². The molecule has 0 aliphatic heterocycles. The molecule has 2 N–H and O–H groups in total. The Hall–Kier alpha value is -1.45. The number of sulfone groups is 1. The van der Waals surface area contributed by atoms with Crippen molar-refractivity contribution in [3.05, 3.63) is 0 Å². The normalized spacial score (nSPS) is 14.9. The average Bonchev–Trinajstić information content (AvgIpc) is 2.58. The number of hydrogen-bond acceptors (Lipinski definition) is 5. The number of aromatic nitrogens is 2. The molecule has 0 radical (unpaired) electrons. The van der Waals surface area contributed by atoms with E-state index in [1.807, 2.05) is 0 Å². The molecule has 6 nitrogen and oxygen atoms in total. The minimum Gasteiger partial charge on any atom is -0.451 e. The van der Waals surface area contributed by atoms with Crippen molar-refractivity contribution in [3.8, 4) is 6.01 Å². The van der Waals surface area contributed by atoms with Gasteiger partial charge in [-0.2, -0.15) is 18.2 Å². The molecule has 0 aliphatic carbocycles. The summed E-state index contributed by atoms with van der Waals surface area (Å²) in [5.74, 6) is -0.632. The van der Waals surface area contributed by atoms with Crippen LogP contribution in [0.3, 0.4) is 0 Å². The maximum Gasteiger partial charge on any atom is 0.426 e. The Labute approximate surface area is 127 Å². The highest BCUT2D eigenvalue weighted by Crippen LogP contribution is 2.37. The van der Waals surface area contributed by atoms with Gasteiger partial charge in [-0.3, -0.25) is 4.57 Å². The Morgan fingerprint density at radius 1 is 1.32 bits per heavy atom. The van der Waals surface area contributed by atoms with Crippen LogP contribution in [0.4, 0.5) is 19.0 Å². The van der Waals surface area contributed by atoms with Crippen LogP contribution in [0.15, 0.2) is 5.03 Å². The molecule has 1 aromatic heterocycles. The molecule has 10 heteroatoms. The third-order valence-corrected chi connectivity index (χ3v) is 4.84. The third kappa shape index (κ3) is 3.65. The first-order valence-corrected chi connectivity index (χ1v) is 8.15. The zero-order valence-electron chi connectivity index (χ0n) is 13.0. The van der Waals surface area contributed by atoms with Crippen LogP contribution in [0.25, 0.3) is 0 Å². The van der Waals surface area contributed by atoms with E-state index in [1.54, 1.807) is 0 Å². The summed E-state index contributed by atoms with van der Waals surface area (Å²) in [7, 11) is -2.48. The fraction of sp³-hybridized carbons (Fsp3) is 0.750. The SMILES string of the molecule is CCS(=O)(=O)c1c(N)nc(OC(C(C)(C)C)C(F)(F)F)n1C. The van der Waals surface area contributed by atoms with Crippen LogP contribution in [-0.4, -0.2) is 36.0 Å². The first kappa shape index (κ1) is 18.6. The van der Waals surface area contributed by atoms with E-state index < -0.39 is 33.5 Å². The fourth-order valence-corrected chi connectivity index (χ4v) is 3.07. The Balaban J connectivity index is 3.33. The predicted octanol–water partition coefficient (Wildman–Crippen LogP) is 2.15. The Kier molecular flexibility index (Phi) is 4.76. The van der Waals surface area contributed by atoms with Crippen LogP contribution in [0.5, 0.6) is 6.01 Å². The van der Waals surface area contributed by atoms with Crippen molar-refractivity contribution in [1.29, 1.82) is 0 Å². The number of hydrogen-bond donors (Lipinski definition) is 1. The first-order valence-electron chi connectivity index (χ1n) is 6.50. The highest BCUT2D eigenvalue weighted by atomic mass is 32.2. The molecule has 0 amide bonds. The first-order chi connectivity index (χ1) is 9.71. The molecule has 1 heterocycles. The van der Waals surface area contributed by atoms with Crippen molar-refractivity contribution >= 4 is 15.7 Å².